The average molecular weight is 328 g/mol. The molecule has 21 heavy (non-hydrogen) atoms. The molecule has 0 radical (unpaired) electrons. The highest BCUT2D eigenvalue weighted by molar-refractivity contribution is 7.89. The smallest absolute Gasteiger partial charge is 0.310 e. The molecule has 0 bridgehead atoms. The number of H-pyrrole nitrogens is 1. The van der Waals surface area contributed by atoms with E-state index in [1.54, 1.807) is 0 Å². The highest BCUT2D eigenvalue weighted by atomic mass is 32.2. The number of hydrogen-bond acceptors (Lipinski definition) is 4. The van der Waals surface area contributed by atoms with Gasteiger partial charge in [-0.05, 0) is 6.42 Å². The molecule has 0 amide bonds. The zero-order valence-corrected chi connectivity index (χ0v) is 12.6. The Morgan fingerprint density at radius 1 is 1.38 bits per heavy atom. The van der Waals surface area contributed by atoms with Crippen LogP contribution in [0.5, 0.6) is 0 Å². The van der Waals surface area contributed by atoms with E-state index in [2.05, 4.69) is 20.2 Å². The summed E-state index contributed by atoms with van der Waals surface area (Å²) in [7, 11) is -3.89. The second-order valence-electron chi connectivity index (χ2n) is 4.88. The number of nitrogens with one attached hydrogen (secondary N) is 3. The summed E-state index contributed by atoms with van der Waals surface area (Å²) in [5.41, 5.74) is 0.437. The number of sulfonamides is 1. The first kappa shape index (κ1) is 17.9. The maximum atomic E-state index is 12.0. The summed E-state index contributed by atoms with van der Waals surface area (Å²) in [6.07, 6.45) is -4.25. The van der Waals surface area contributed by atoms with Gasteiger partial charge in [-0.3, -0.25) is 5.10 Å². The Hall–Kier alpha value is -1.13. The van der Waals surface area contributed by atoms with Crippen LogP contribution < -0.4 is 10.0 Å². The van der Waals surface area contributed by atoms with Gasteiger partial charge in [0.05, 0.1) is 6.20 Å². The van der Waals surface area contributed by atoms with Gasteiger partial charge in [0.2, 0.25) is 0 Å². The molecule has 1 rings (SSSR count). The van der Waals surface area contributed by atoms with Gasteiger partial charge in [0, 0.05) is 31.1 Å². The first-order valence-corrected chi connectivity index (χ1v) is 7.92. The van der Waals surface area contributed by atoms with E-state index in [4.69, 9.17) is 0 Å². The van der Waals surface area contributed by atoms with E-state index in [0.29, 0.717) is 12.1 Å². The number of nitrogens with zero attached hydrogens (tertiary/aromatic N) is 1. The SMILES string of the molecule is CC(C)NCc1cn[nH]c1S(=O)(=O)NCCCC(F)(F)F. The Balaban J connectivity index is 2.60. The third-order valence-electron chi connectivity index (χ3n) is 2.58. The Labute approximate surface area is 121 Å². The molecule has 0 aromatic carbocycles. The summed E-state index contributed by atoms with van der Waals surface area (Å²) in [6.45, 7) is 3.83. The monoisotopic (exact) mass is 328 g/mol. The third-order valence-corrected chi connectivity index (χ3v) is 4.05. The Morgan fingerprint density at radius 3 is 2.62 bits per heavy atom. The molecule has 10 heteroatoms. The van der Waals surface area contributed by atoms with E-state index in [1.807, 2.05) is 13.8 Å². The molecule has 3 N–H and O–H groups in total. The molecule has 122 valence electrons. The molecule has 0 aliphatic rings. The molecule has 0 saturated heterocycles. The van der Waals surface area contributed by atoms with Crippen molar-refractivity contribution in [3.8, 4) is 0 Å². The van der Waals surface area contributed by atoms with E-state index >= 15 is 0 Å². The van der Waals surface area contributed by atoms with Gasteiger partial charge < -0.3 is 5.32 Å². The summed E-state index contributed by atoms with van der Waals surface area (Å²) in [4.78, 5) is 0. The molecule has 0 aliphatic heterocycles. The summed E-state index contributed by atoms with van der Waals surface area (Å²) < 4.78 is 62.1. The lowest BCUT2D eigenvalue weighted by molar-refractivity contribution is -0.135. The zero-order valence-electron chi connectivity index (χ0n) is 11.8. The van der Waals surface area contributed by atoms with E-state index in [1.165, 1.54) is 6.20 Å². The standard InChI is InChI=1S/C11H19F3N4O2S/c1-8(2)15-6-9-7-16-18-10(9)21(19,20)17-5-3-4-11(12,13)14/h7-8,15,17H,3-6H2,1-2H3,(H,16,18). The molecular weight excluding hydrogens is 309 g/mol. The van der Waals surface area contributed by atoms with Crippen molar-refractivity contribution in [1.29, 1.82) is 0 Å². The van der Waals surface area contributed by atoms with Crippen LogP contribution in [-0.4, -0.2) is 37.4 Å². The van der Waals surface area contributed by atoms with Crippen LogP contribution in [0.2, 0.25) is 0 Å². The molecule has 0 fully saturated rings. The summed E-state index contributed by atoms with van der Waals surface area (Å²) in [6, 6.07) is 0.162. The predicted molar refractivity (Wildman–Crippen MR) is 71.0 cm³/mol. The van der Waals surface area contributed by atoms with Crippen molar-refractivity contribution in [2.45, 2.75) is 50.5 Å². The van der Waals surface area contributed by atoms with Crippen molar-refractivity contribution in [2.75, 3.05) is 6.54 Å². The van der Waals surface area contributed by atoms with Gasteiger partial charge in [0.1, 0.15) is 0 Å². The number of aromatic nitrogens is 2. The van der Waals surface area contributed by atoms with Crippen molar-refractivity contribution >= 4 is 10.0 Å². The van der Waals surface area contributed by atoms with Gasteiger partial charge in [-0.15, -0.1) is 0 Å². The van der Waals surface area contributed by atoms with E-state index in [9.17, 15) is 21.6 Å². The minimum atomic E-state index is -4.29. The average Bonchev–Trinajstić information content (AvgIpc) is 2.80. The van der Waals surface area contributed by atoms with E-state index < -0.39 is 22.6 Å². The van der Waals surface area contributed by atoms with Crippen molar-refractivity contribution in [3.05, 3.63) is 11.8 Å². The third kappa shape index (κ3) is 6.44. The number of rotatable bonds is 8. The molecule has 0 aliphatic carbocycles. The molecule has 1 aromatic rings. The van der Waals surface area contributed by atoms with Crippen molar-refractivity contribution in [3.63, 3.8) is 0 Å². The zero-order chi connectivity index (χ0) is 16.1. The maximum absolute atomic E-state index is 12.0. The summed E-state index contributed by atoms with van der Waals surface area (Å²) in [5.74, 6) is 0. The van der Waals surface area contributed by atoms with Crippen LogP contribution in [0.3, 0.4) is 0 Å². The second kappa shape index (κ2) is 7.23. The lowest BCUT2D eigenvalue weighted by Crippen LogP contribution is -2.28. The summed E-state index contributed by atoms with van der Waals surface area (Å²) >= 11 is 0. The first-order chi connectivity index (χ1) is 9.62. The Morgan fingerprint density at radius 2 is 2.05 bits per heavy atom. The maximum Gasteiger partial charge on any atom is 0.389 e. The fraction of sp³-hybridized carbons (Fsp3) is 0.727. The van der Waals surface area contributed by atoms with Crippen molar-refractivity contribution in [1.82, 2.24) is 20.2 Å². The molecule has 0 saturated carbocycles. The number of halogens is 3. The Kier molecular flexibility index (Phi) is 6.17. The van der Waals surface area contributed by atoms with Crippen molar-refractivity contribution in [2.24, 2.45) is 0 Å². The van der Waals surface area contributed by atoms with Gasteiger partial charge in [0.25, 0.3) is 10.0 Å². The number of aromatic amines is 1. The molecule has 0 unspecified atom stereocenters. The molecular formula is C11H19F3N4O2S. The van der Waals surface area contributed by atoms with Crippen LogP contribution in [0.1, 0.15) is 32.3 Å². The van der Waals surface area contributed by atoms with Crippen LogP contribution in [0.25, 0.3) is 0 Å². The second-order valence-corrected chi connectivity index (χ2v) is 6.58. The topological polar surface area (TPSA) is 86.9 Å². The lowest BCUT2D eigenvalue weighted by Gasteiger charge is -2.10. The van der Waals surface area contributed by atoms with Crippen LogP contribution in [-0.2, 0) is 16.6 Å². The normalized spacial score (nSPS) is 13.0. The van der Waals surface area contributed by atoms with E-state index in [0.717, 1.165) is 0 Å². The fourth-order valence-electron chi connectivity index (χ4n) is 1.54. The summed E-state index contributed by atoms with van der Waals surface area (Å²) in [5, 5.41) is 8.96. The number of hydrogen-bond donors (Lipinski definition) is 3. The van der Waals surface area contributed by atoms with Crippen LogP contribution in [0.15, 0.2) is 11.2 Å². The van der Waals surface area contributed by atoms with Gasteiger partial charge in [-0.1, -0.05) is 13.8 Å². The fourth-order valence-corrected chi connectivity index (χ4v) is 2.74. The predicted octanol–water partition coefficient (Wildman–Crippen LogP) is 1.53. The number of alkyl halides is 3. The minimum Gasteiger partial charge on any atom is -0.310 e. The van der Waals surface area contributed by atoms with Crippen LogP contribution in [0.4, 0.5) is 13.2 Å². The van der Waals surface area contributed by atoms with Gasteiger partial charge in [0.15, 0.2) is 5.03 Å². The highest BCUT2D eigenvalue weighted by Crippen LogP contribution is 2.21. The molecule has 0 atom stereocenters. The molecule has 6 nitrogen and oxygen atoms in total. The van der Waals surface area contributed by atoms with Crippen LogP contribution >= 0.6 is 0 Å². The molecule has 0 spiro atoms. The molecule has 1 aromatic heterocycles. The highest BCUT2D eigenvalue weighted by Gasteiger charge is 2.27. The first-order valence-electron chi connectivity index (χ1n) is 6.44. The lowest BCUT2D eigenvalue weighted by atomic mass is 10.3. The quantitative estimate of drug-likeness (QED) is 0.632. The van der Waals surface area contributed by atoms with Gasteiger partial charge in [-0.2, -0.15) is 18.3 Å². The van der Waals surface area contributed by atoms with Gasteiger partial charge in [-0.25, -0.2) is 13.1 Å². The van der Waals surface area contributed by atoms with Crippen LogP contribution in [0, 0.1) is 0 Å². The minimum absolute atomic E-state index is 0.123. The van der Waals surface area contributed by atoms with E-state index in [-0.39, 0.29) is 24.0 Å². The Bertz CT molecular complexity index is 540. The largest absolute Gasteiger partial charge is 0.389 e. The molecule has 1 heterocycles. The van der Waals surface area contributed by atoms with Gasteiger partial charge >= 0.3 is 6.18 Å². The van der Waals surface area contributed by atoms with Crippen molar-refractivity contribution < 1.29 is 21.6 Å².